The van der Waals surface area contributed by atoms with Gasteiger partial charge in [0, 0.05) is 19.3 Å². The number of alkyl halides is 3. The molecule has 8 nitrogen and oxygen atoms in total. The molecule has 0 unspecified atom stereocenters. The van der Waals surface area contributed by atoms with E-state index in [1.807, 2.05) is 13.8 Å². The minimum absolute atomic E-state index is 0.0868. The lowest BCUT2D eigenvalue weighted by atomic mass is 9.67. The molecular formula is C25H28F4N6O2S. The van der Waals surface area contributed by atoms with E-state index in [1.54, 1.807) is 18.4 Å². The van der Waals surface area contributed by atoms with Gasteiger partial charge in [0.25, 0.3) is 5.91 Å². The van der Waals surface area contributed by atoms with E-state index in [2.05, 4.69) is 25.6 Å². The summed E-state index contributed by atoms with van der Waals surface area (Å²) in [5.41, 5.74) is -1.05. The average molecular weight is 553 g/mol. The van der Waals surface area contributed by atoms with Gasteiger partial charge in [0.15, 0.2) is 5.69 Å². The molecule has 2 aliphatic rings. The topological polar surface area (TPSA) is 100 Å². The van der Waals surface area contributed by atoms with Crippen molar-refractivity contribution in [3.05, 3.63) is 47.0 Å². The molecule has 1 saturated heterocycles. The van der Waals surface area contributed by atoms with Gasteiger partial charge in [-0.3, -0.25) is 14.6 Å². The Kier molecular flexibility index (Phi) is 7.86. The fraction of sp³-hybridized carbons (Fsp3) is 0.480. The number of pyridine rings is 1. The van der Waals surface area contributed by atoms with Crippen LogP contribution in [-0.4, -0.2) is 57.0 Å². The number of rotatable bonds is 6. The number of fused-ring (bicyclic) bond motifs is 1. The summed E-state index contributed by atoms with van der Waals surface area (Å²) in [5, 5.41) is 7.29. The van der Waals surface area contributed by atoms with Gasteiger partial charge in [0.05, 0.1) is 28.5 Å². The highest BCUT2D eigenvalue weighted by Crippen LogP contribution is 2.53. The van der Waals surface area contributed by atoms with Crippen LogP contribution in [0.1, 0.15) is 62.1 Å². The number of amides is 2. The maximum atomic E-state index is 13.5. The zero-order valence-corrected chi connectivity index (χ0v) is 21.9. The molecule has 4 heterocycles. The predicted octanol–water partition coefficient (Wildman–Crippen LogP) is 5.10. The molecule has 0 aromatic carbocycles. The van der Waals surface area contributed by atoms with Crippen LogP contribution in [0.3, 0.4) is 0 Å². The number of nitrogens with one attached hydrogen (secondary N) is 2. The number of anilines is 1. The fourth-order valence-corrected chi connectivity index (χ4v) is 5.21. The molecule has 204 valence electrons. The third kappa shape index (κ3) is 5.16. The highest BCUT2D eigenvalue weighted by atomic mass is 32.1. The number of hydrogen-bond donors (Lipinski definition) is 2. The van der Waals surface area contributed by atoms with Crippen molar-refractivity contribution in [1.82, 2.24) is 25.2 Å². The van der Waals surface area contributed by atoms with Gasteiger partial charge in [-0.2, -0.15) is 13.2 Å². The lowest BCUT2D eigenvalue weighted by molar-refractivity contribution is -0.243. The van der Waals surface area contributed by atoms with Crippen LogP contribution in [0.4, 0.5) is 23.5 Å². The van der Waals surface area contributed by atoms with E-state index in [4.69, 9.17) is 0 Å². The van der Waals surface area contributed by atoms with Crippen molar-refractivity contribution in [3.8, 4) is 0 Å². The molecule has 1 saturated carbocycles. The van der Waals surface area contributed by atoms with Crippen molar-refractivity contribution >= 4 is 39.3 Å². The fourth-order valence-electron chi connectivity index (χ4n) is 4.39. The van der Waals surface area contributed by atoms with Gasteiger partial charge in [0.2, 0.25) is 11.9 Å². The molecule has 38 heavy (non-hydrogen) atoms. The number of hydrogen-bond acceptors (Lipinski definition) is 7. The first-order chi connectivity index (χ1) is 18.1. The normalized spacial score (nSPS) is 17.5. The minimum atomic E-state index is -4.59. The van der Waals surface area contributed by atoms with Gasteiger partial charge in [-0.05, 0) is 42.8 Å². The summed E-state index contributed by atoms with van der Waals surface area (Å²) in [7, 11) is 0. The summed E-state index contributed by atoms with van der Waals surface area (Å²) in [6, 6.07) is 2.12. The monoisotopic (exact) mass is 552 g/mol. The number of halogens is 4. The highest BCUT2D eigenvalue weighted by molar-refractivity contribution is 7.17. The Balaban J connectivity index is 0.00000164. The summed E-state index contributed by atoms with van der Waals surface area (Å²) >= 11 is 1.29. The number of thiophene rings is 1. The Morgan fingerprint density at radius 3 is 2.50 bits per heavy atom. The standard InChI is InChI=1S/C23H22F4N6O2S.C2H6/c1-12(13-7-14(24)9-28-8-13)29-21-31-16-3-6-36-18(16)17(32-21)19(34)33-10-15(11-33)30-20(35)22(4-2-5-22)23(25,26)27;1-2/h3,6-9,12,15H,2,4-5,10-11H2,1H3,(H,30,35)(H,29,31,32);1-2H3/t12-;/m0./s1. The van der Waals surface area contributed by atoms with Crippen LogP contribution in [-0.2, 0) is 4.79 Å². The van der Waals surface area contributed by atoms with Crippen molar-refractivity contribution in [3.63, 3.8) is 0 Å². The Morgan fingerprint density at radius 1 is 1.18 bits per heavy atom. The minimum Gasteiger partial charge on any atom is -0.349 e. The van der Waals surface area contributed by atoms with Crippen molar-refractivity contribution in [2.45, 2.75) is 58.3 Å². The molecule has 5 rings (SSSR count). The van der Waals surface area contributed by atoms with Crippen LogP contribution >= 0.6 is 11.3 Å². The van der Waals surface area contributed by atoms with Crippen molar-refractivity contribution in [2.75, 3.05) is 18.4 Å². The second-order valence-electron chi connectivity index (χ2n) is 9.15. The lowest BCUT2D eigenvalue weighted by Gasteiger charge is -2.45. The van der Waals surface area contributed by atoms with E-state index in [1.165, 1.54) is 28.5 Å². The molecule has 1 aliphatic heterocycles. The molecule has 1 aliphatic carbocycles. The molecule has 0 radical (unpaired) electrons. The molecule has 3 aromatic heterocycles. The first-order valence-electron chi connectivity index (χ1n) is 12.4. The van der Waals surface area contributed by atoms with Crippen LogP contribution in [0.15, 0.2) is 29.9 Å². The Morgan fingerprint density at radius 2 is 1.89 bits per heavy atom. The van der Waals surface area contributed by atoms with Crippen LogP contribution < -0.4 is 10.6 Å². The van der Waals surface area contributed by atoms with Gasteiger partial charge in [-0.25, -0.2) is 14.4 Å². The summed E-state index contributed by atoms with van der Waals surface area (Å²) in [6.07, 6.45) is -2.06. The number of aromatic nitrogens is 3. The van der Waals surface area contributed by atoms with Crippen molar-refractivity contribution in [2.24, 2.45) is 5.41 Å². The third-order valence-electron chi connectivity index (χ3n) is 6.77. The molecule has 0 bridgehead atoms. The quantitative estimate of drug-likeness (QED) is 0.413. The van der Waals surface area contributed by atoms with Crippen LogP contribution in [0.25, 0.3) is 10.2 Å². The summed E-state index contributed by atoms with van der Waals surface area (Å²) in [5.74, 6) is -1.74. The van der Waals surface area contributed by atoms with Crippen molar-refractivity contribution < 1.29 is 27.2 Å². The van der Waals surface area contributed by atoms with E-state index in [-0.39, 0.29) is 37.6 Å². The molecule has 13 heteroatoms. The smallest absolute Gasteiger partial charge is 0.349 e. The molecule has 2 N–H and O–H groups in total. The summed E-state index contributed by atoms with van der Waals surface area (Å²) in [4.78, 5) is 39.7. The number of carbonyl (C=O) groups is 2. The Hall–Kier alpha value is -3.35. The van der Waals surface area contributed by atoms with Gasteiger partial charge in [0.1, 0.15) is 11.2 Å². The molecule has 3 aromatic rings. The van der Waals surface area contributed by atoms with Gasteiger partial charge in [-0.1, -0.05) is 20.3 Å². The second kappa shape index (κ2) is 10.8. The van der Waals surface area contributed by atoms with Crippen LogP contribution in [0.2, 0.25) is 0 Å². The second-order valence-corrected chi connectivity index (χ2v) is 10.1. The predicted molar refractivity (Wildman–Crippen MR) is 135 cm³/mol. The highest BCUT2D eigenvalue weighted by Gasteiger charge is 2.63. The van der Waals surface area contributed by atoms with Gasteiger partial charge in [-0.15, -0.1) is 11.3 Å². The summed E-state index contributed by atoms with van der Waals surface area (Å²) in [6.45, 7) is 5.95. The molecule has 0 spiro atoms. The zero-order valence-electron chi connectivity index (χ0n) is 21.1. The first kappa shape index (κ1) is 27.7. The van der Waals surface area contributed by atoms with E-state index in [0.29, 0.717) is 22.2 Å². The molecular weight excluding hydrogens is 524 g/mol. The van der Waals surface area contributed by atoms with Crippen molar-refractivity contribution in [1.29, 1.82) is 0 Å². The van der Waals surface area contributed by atoms with E-state index < -0.39 is 41.3 Å². The number of nitrogens with zero attached hydrogens (tertiary/aromatic N) is 4. The van der Waals surface area contributed by atoms with E-state index >= 15 is 0 Å². The average Bonchev–Trinajstić information content (AvgIpc) is 3.28. The Bertz CT molecular complexity index is 1320. The molecule has 1 atom stereocenters. The largest absolute Gasteiger partial charge is 0.403 e. The zero-order chi connectivity index (χ0) is 27.7. The van der Waals surface area contributed by atoms with E-state index in [0.717, 1.165) is 6.20 Å². The maximum absolute atomic E-state index is 13.5. The number of carbonyl (C=O) groups excluding carboxylic acids is 2. The maximum Gasteiger partial charge on any atom is 0.403 e. The third-order valence-corrected chi connectivity index (χ3v) is 7.68. The number of likely N-dealkylation sites (tertiary alicyclic amines) is 1. The van der Waals surface area contributed by atoms with Gasteiger partial charge >= 0.3 is 6.18 Å². The lowest BCUT2D eigenvalue weighted by Crippen LogP contribution is -2.65. The first-order valence-corrected chi connectivity index (χ1v) is 13.2. The Labute approximate surface area is 220 Å². The molecule has 2 fully saturated rings. The summed E-state index contributed by atoms with van der Waals surface area (Å²) < 4.78 is 54.4. The SMILES string of the molecule is CC.C[C@H](Nc1nc(C(=O)N2CC(NC(=O)C3(C(F)(F)F)CCC3)C2)c2sccc2n1)c1cncc(F)c1. The van der Waals surface area contributed by atoms with Gasteiger partial charge < -0.3 is 15.5 Å². The molecule has 2 amide bonds. The van der Waals surface area contributed by atoms with E-state index in [9.17, 15) is 27.2 Å². The van der Waals surface area contributed by atoms with Crippen LogP contribution in [0, 0.1) is 11.2 Å². The van der Waals surface area contributed by atoms with Crippen LogP contribution in [0.5, 0.6) is 0 Å².